The van der Waals surface area contributed by atoms with Crippen molar-refractivity contribution >= 4 is 28.3 Å². The topological polar surface area (TPSA) is 117 Å². The third-order valence-corrected chi connectivity index (χ3v) is 6.88. The molecule has 1 fully saturated rings. The van der Waals surface area contributed by atoms with Gasteiger partial charge in [0.15, 0.2) is 10.9 Å². The highest BCUT2D eigenvalue weighted by Crippen LogP contribution is 2.34. The van der Waals surface area contributed by atoms with Crippen molar-refractivity contribution in [3.63, 3.8) is 0 Å². The number of nitrogens with zero attached hydrogens (tertiary/aromatic N) is 4. The molecule has 0 radical (unpaired) electrons. The molecule has 1 aliphatic heterocycles. The Labute approximate surface area is 206 Å². The summed E-state index contributed by atoms with van der Waals surface area (Å²) in [6, 6.07) is 13.3. The average molecular weight is 490 g/mol. The van der Waals surface area contributed by atoms with Gasteiger partial charge < -0.3 is 23.8 Å². The fourth-order valence-corrected chi connectivity index (χ4v) is 4.96. The van der Waals surface area contributed by atoms with Crippen LogP contribution in [-0.4, -0.2) is 36.1 Å². The fraction of sp³-hybridized carbons (Fsp3) is 0.280. The minimum Gasteiger partial charge on any atom is -0.497 e. The number of amides is 1. The zero-order valence-electron chi connectivity index (χ0n) is 19.3. The van der Waals surface area contributed by atoms with Crippen molar-refractivity contribution < 1.29 is 18.4 Å². The molecule has 0 spiro atoms. The van der Waals surface area contributed by atoms with Crippen LogP contribution in [0.5, 0.6) is 5.75 Å². The molecule has 1 N–H and O–H groups in total. The Kier molecular flexibility index (Phi) is 6.25. The van der Waals surface area contributed by atoms with E-state index in [9.17, 15) is 10.1 Å². The molecule has 1 amide bonds. The van der Waals surface area contributed by atoms with E-state index in [2.05, 4.69) is 21.4 Å². The highest BCUT2D eigenvalue weighted by molar-refractivity contribution is 7.16. The number of piperidine rings is 1. The van der Waals surface area contributed by atoms with Gasteiger partial charge in [-0.05, 0) is 56.2 Å². The molecule has 9 nitrogen and oxygen atoms in total. The molecule has 4 aromatic rings. The molecular weight excluding hydrogens is 466 g/mol. The second kappa shape index (κ2) is 9.64. The predicted octanol–water partition coefficient (Wildman–Crippen LogP) is 5.10. The highest BCUT2D eigenvalue weighted by atomic mass is 32.1. The number of thiazole rings is 1. The van der Waals surface area contributed by atoms with E-state index in [0.717, 1.165) is 21.9 Å². The van der Waals surface area contributed by atoms with E-state index in [0.29, 0.717) is 42.7 Å². The van der Waals surface area contributed by atoms with Crippen LogP contribution < -0.4 is 15.0 Å². The summed E-state index contributed by atoms with van der Waals surface area (Å²) in [7, 11) is 1.63. The number of ether oxygens (including phenoxy) is 1. The molecule has 0 saturated carbocycles. The van der Waals surface area contributed by atoms with Crippen molar-refractivity contribution in [3.8, 4) is 34.7 Å². The maximum atomic E-state index is 13.0. The summed E-state index contributed by atoms with van der Waals surface area (Å²) >= 11 is 1.46. The molecule has 1 aliphatic rings. The summed E-state index contributed by atoms with van der Waals surface area (Å²) in [6.45, 7) is 3.15. The SMILES string of the molecule is COc1ccc(-c2nc(NC(=O)C3CCN(c4oc(-c5ccco5)nc4C#N)CC3)sc2C)cc1. The van der Waals surface area contributed by atoms with Crippen molar-refractivity contribution in [2.45, 2.75) is 19.8 Å². The van der Waals surface area contributed by atoms with Crippen molar-refractivity contribution in [1.82, 2.24) is 9.97 Å². The summed E-state index contributed by atoms with van der Waals surface area (Å²) in [5.74, 6) is 1.73. The summed E-state index contributed by atoms with van der Waals surface area (Å²) < 4.78 is 16.4. The quantitative estimate of drug-likeness (QED) is 0.397. The number of hydrogen-bond acceptors (Lipinski definition) is 9. The standard InChI is InChI=1S/C25H23N5O4S/c1-15-21(16-5-7-18(32-2)8-6-16)28-25(35-15)29-22(31)17-9-11-30(12-10-17)24-19(14-26)27-23(34-24)20-4-3-13-33-20/h3-8,13,17H,9-12H2,1-2H3,(H,28,29,31). The number of methoxy groups -OCH3 is 1. The van der Waals surface area contributed by atoms with Crippen molar-refractivity contribution in [1.29, 1.82) is 5.26 Å². The van der Waals surface area contributed by atoms with E-state index in [1.807, 2.05) is 36.1 Å². The number of aromatic nitrogens is 2. The number of furan rings is 1. The zero-order valence-corrected chi connectivity index (χ0v) is 20.1. The van der Waals surface area contributed by atoms with Crippen LogP contribution in [-0.2, 0) is 4.79 Å². The molecule has 0 atom stereocenters. The smallest absolute Gasteiger partial charge is 0.266 e. The number of nitriles is 1. The lowest BCUT2D eigenvalue weighted by Gasteiger charge is -2.30. The lowest BCUT2D eigenvalue weighted by molar-refractivity contribution is -0.120. The first-order chi connectivity index (χ1) is 17.1. The highest BCUT2D eigenvalue weighted by Gasteiger charge is 2.30. The predicted molar refractivity (Wildman–Crippen MR) is 131 cm³/mol. The normalized spacial score (nSPS) is 14.0. The fourth-order valence-electron chi connectivity index (χ4n) is 4.12. The van der Waals surface area contributed by atoms with Crippen molar-refractivity contribution in [2.75, 3.05) is 30.4 Å². The second-order valence-electron chi connectivity index (χ2n) is 8.16. The van der Waals surface area contributed by atoms with Gasteiger partial charge in [-0.3, -0.25) is 4.79 Å². The van der Waals surface area contributed by atoms with Gasteiger partial charge in [-0.1, -0.05) is 0 Å². The maximum Gasteiger partial charge on any atom is 0.266 e. The molecule has 35 heavy (non-hydrogen) atoms. The monoisotopic (exact) mass is 489 g/mol. The number of nitrogens with one attached hydrogen (secondary N) is 1. The molecule has 1 aromatic carbocycles. The first-order valence-corrected chi connectivity index (χ1v) is 12.0. The molecule has 0 bridgehead atoms. The van der Waals surface area contributed by atoms with Gasteiger partial charge in [0.25, 0.3) is 5.89 Å². The molecule has 3 aromatic heterocycles. The van der Waals surface area contributed by atoms with E-state index >= 15 is 0 Å². The van der Waals surface area contributed by atoms with Crippen molar-refractivity contribution in [3.05, 3.63) is 53.2 Å². The summed E-state index contributed by atoms with van der Waals surface area (Å²) in [4.78, 5) is 24.8. The number of oxazole rings is 1. The minimum absolute atomic E-state index is 0.0472. The van der Waals surface area contributed by atoms with Crippen LogP contribution in [0.3, 0.4) is 0 Å². The lowest BCUT2D eigenvalue weighted by atomic mass is 9.96. The largest absolute Gasteiger partial charge is 0.497 e. The Morgan fingerprint density at radius 1 is 1.23 bits per heavy atom. The summed E-state index contributed by atoms with van der Waals surface area (Å²) in [6.07, 6.45) is 2.78. The van der Waals surface area contributed by atoms with E-state index < -0.39 is 0 Å². The zero-order chi connectivity index (χ0) is 24.4. The molecule has 0 unspecified atom stereocenters. The molecule has 178 valence electrons. The van der Waals surface area contributed by atoms with E-state index in [-0.39, 0.29) is 23.4 Å². The van der Waals surface area contributed by atoms with Crippen LogP contribution in [0.4, 0.5) is 11.0 Å². The van der Waals surface area contributed by atoms with Gasteiger partial charge in [0.05, 0.1) is 19.1 Å². The number of carbonyl (C=O) groups is 1. The van der Waals surface area contributed by atoms with E-state index in [1.54, 1.807) is 19.2 Å². The number of hydrogen-bond donors (Lipinski definition) is 1. The van der Waals surface area contributed by atoms with Crippen LogP contribution in [0.25, 0.3) is 22.9 Å². The Morgan fingerprint density at radius 3 is 2.66 bits per heavy atom. The Morgan fingerprint density at radius 2 is 2.00 bits per heavy atom. The third kappa shape index (κ3) is 4.63. The van der Waals surface area contributed by atoms with E-state index in [1.165, 1.54) is 17.6 Å². The average Bonchev–Trinajstić information content (AvgIpc) is 3.64. The van der Waals surface area contributed by atoms with Gasteiger partial charge in [-0.2, -0.15) is 10.2 Å². The Balaban J connectivity index is 1.22. The molecule has 0 aliphatic carbocycles. The van der Waals surface area contributed by atoms with Crippen LogP contribution >= 0.6 is 11.3 Å². The maximum absolute atomic E-state index is 13.0. The van der Waals surface area contributed by atoms with E-state index in [4.69, 9.17) is 13.6 Å². The Hall–Kier alpha value is -4.10. The summed E-state index contributed by atoms with van der Waals surface area (Å²) in [5.41, 5.74) is 2.04. The van der Waals surface area contributed by atoms with Crippen molar-refractivity contribution in [2.24, 2.45) is 5.92 Å². The van der Waals surface area contributed by atoms with Gasteiger partial charge in [0, 0.05) is 29.4 Å². The number of anilines is 2. The number of aryl methyl sites for hydroxylation is 1. The molecular formula is C25H23N5O4S. The number of rotatable bonds is 6. The first kappa shape index (κ1) is 22.7. The minimum atomic E-state index is -0.155. The molecule has 5 rings (SSSR count). The van der Waals surface area contributed by atoms with Crippen LogP contribution in [0.1, 0.15) is 23.4 Å². The van der Waals surface area contributed by atoms with Gasteiger partial charge >= 0.3 is 0 Å². The third-order valence-electron chi connectivity index (χ3n) is 5.99. The number of carbonyl (C=O) groups excluding carboxylic acids is 1. The van der Waals surface area contributed by atoms with Crippen LogP contribution in [0.2, 0.25) is 0 Å². The first-order valence-electron chi connectivity index (χ1n) is 11.2. The van der Waals surface area contributed by atoms with Gasteiger partial charge in [-0.25, -0.2) is 4.98 Å². The van der Waals surface area contributed by atoms with Gasteiger partial charge in [0.2, 0.25) is 17.5 Å². The van der Waals surface area contributed by atoms with Crippen LogP contribution in [0.15, 0.2) is 51.5 Å². The molecule has 1 saturated heterocycles. The Bertz CT molecular complexity index is 1360. The second-order valence-corrected chi connectivity index (χ2v) is 9.37. The summed E-state index contributed by atoms with van der Waals surface area (Å²) in [5, 5.41) is 13.1. The van der Waals surface area contributed by atoms with Gasteiger partial charge in [0.1, 0.15) is 11.8 Å². The number of benzene rings is 1. The molecule has 10 heteroatoms. The van der Waals surface area contributed by atoms with Crippen LogP contribution in [0, 0.1) is 24.2 Å². The van der Waals surface area contributed by atoms with Gasteiger partial charge in [-0.15, -0.1) is 11.3 Å². The molecule has 4 heterocycles. The lowest BCUT2D eigenvalue weighted by Crippen LogP contribution is -2.38.